The SMILES string of the molecule is CC1(C)c2ccccc2N2c3cc(-c4ccccc4C#N)cc4c3B(c3cccc1c32)c1cccc2c3ccccc3n-4c12. The first-order chi connectivity index (χ1) is 21.6. The molecule has 10 rings (SSSR count). The second-order valence-corrected chi connectivity index (χ2v) is 12.8. The Labute approximate surface area is 256 Å². The molecule has 6 aromatic carbocycles. The molecule has 0 amide bonds. The average Bonchev–Trinajstić information content (AvgIpc) is 3.41. The number of hydrogen-bond donors (Lipinski definition) is 0. The summed E-state index contributed by atoms with van der Waals surface area (Å²) in [5.41, 5.74) is 16.7. The molecule has 3 aliphatic heterocycles. The van der Waals surface area contributed by atoms with Crippen LogP contribution in [0.1, 0.15) is 30.5 Å². The third-order valence-electron chi connectivity index (χ3n) is 10.4. The van der Waals surface area contributed by atoms with E-state index in [2.05, 4.69) is 133 Å². The Bertz CT molecular complexity index is 2460. The standard InChI is InChI=1S/C40H26BN3/c1-40(2)29-15-6-8-20-34(29)44-36-22-25(26-12-4-3-11-24(26)23-42)21-35-37(36)41(32-18-10-16-30(40)39(32)44)31-17-9-14-28-27-13-5-7-19-33(27)43(35)38(28)31/h3-22H,1-2H3. The first-order valence-corrected chi connectivity index (χ1v) is 15.3. The molecule has 0 radical (unpaired) electrons. The van der Waals surface area contributed by atoms with Gasteiger partial charge in [0.15, 0.2) is 0 Å². The first-order valence-electron chi connectivity index (χ1n) is 15.3. The van der Waals surface area contributed by atoms with E-state index in [1.54, 1.807) is 0 Å². The van der Waals surface area contributed by atoms with Crippen molar-refractivity contribution in [1.29, 1.82) is 5.26 Å². The van der Waals surface area contributed by atoms with Crippen molar-refractivity contribution in [3.8, 4) is 22.9 Å². The Morgan fingerprint density at radius 2 is 1.36 bits per heavy atom. The minimum Gasteiger partial charge on any atom is -0.311 e. The molecule has 204 valence electrons. The lowest BCUT2D eigenvalue weighted by molar-refractivity contribution is 0.632. The molecule has 0 saturated carbocycles. The molecule has 0 unspecified atom stereocenters. The Kier molecular flexibility index (Phi) is 4.41. The van der Waals surface area contributed by atoms with Crippen LogP contribution in [0.5, 0.6) is 0 Å². The van der Waals surface area contributed by atoms with Gasteiger partial charge in [-0.25, -0.2) is 0 Å². The smallest absolute Gasteiger partial charge is 0.252 e. The number of hydrogen-bond acceptors (Lipinski definition) is 2. The molecule has 7 aromatic rings. The minimum absolute atomic E-state index is 0.0908. The van der Waals surface area contributed by atoms with Gasteiger partial charge in [-0.15, -0.1) is 0 Å². The van der Waals surface area contributed by atoms with Crippen molar-refractivity contribution in [1.82, 2.24) is 4.57 Å². The fourth-order valence-electron chi connectivity index (χ4n) is 8.54. The van der Waals surface area contributed by atoms with E-state index >= 15 is 0 Å². The zero-order valence-corrected chi connectivity index (χ0v) is 24.5. The molecule has 0 fully saturated rings. The van der Waals surface area contributed by atoms with Crippen molar-refractivity contribution in [2.75, 3.05) is 4.90 Å². The highest BCUT2D eigenvalue weighted by atomic mass is 15.2. The van der Waals surface area contributed by atoms with Crippen LogP contribution in [-0.2, 0) is 5.41 Å². The predicted octanol–water partition coefficient (Wildman–Crippen LogP) is 7.57. The average molecular weight is 559 g/mol. The Balaban J connectivity index is 1.44. The van der Waals surface area contributed by atoms with Crippen molar-refractivity contribution < 1.29 is 0 Å². The maximum atomic E-state index is 10.2. The van der Waals surface area contributed by atoms with E-state index < -0.39 is 0 Å². The number of rotatable bonds is 1. The lowest BCUT2D eigenvalue weighted by Crippen LogP contribution is -2.61. The number of nitrogens with zero attached hydrogens (tertiary/aromatic N) is 3. The Morgan fingerprint density at radius 1 is 0.659 bits per heavy atom. The molecule has 3 nitrogen and oxygen atoms in total. The van der Waals surface area contributed by atoms with E-state index in [4.69, 9.17) is 0 Å². The molecule has 4 heterocycles. The highest BCUT2D eigenvalue weighted by Crippen LogP contribution is 2.53. The zero-order valence-electron chi connectivity index (χ0n) is 24.5. The van der Waals surface area contributed by atoms with Gasteiger partial charge in [-0.1, -0.05) is 105 Å². The number of fused-ring (bicyclic) bond motifs is 9. The summed E-state index contributed by atoms with van der Waals surface area (Å²) < 4.78 is 2.49. The summed E-state index contributed by atoms with van der Waals surface area (Å²) in [5, 5.41) is 12.7. The third-order valence-corrected chi connectivity index (χ3v) is 10.4. The van der Waals surface area contributed by atoms with E-state index in [9.17, 15) is 5.26 Å². The van der Waals surface area contributed by atoms with Gasteiger partial charge < -0.3 is 9.47 Å². The van der Waals surface area contributed by atoms with Crippen molar-refractivity contribution in [2.24, 2.45) is 0 Å². The summed E-state index contributed by atoms with van der Waals surface area (Å²) in [6.45, 7) is 4.81. The first kappa shape index (κ1) is 24.0. The fourth-order valence-corrected chi connectivity index (χ4v) is 8.54. The molecule has 0 bridgehead atoms. The van der Waals surface area contributed by atoms with Crippen LogP contribution in [-0.4, -0.2) is 11.3 Å². The Hall–Kier alpha value is -5.53. The molecule has 0 spiro atoms. The molecular weight excluding hydrogens is 533 g/mol. The van der Waals surface area contributed by atoms with E-state index in [1.807, 2.05) is 18.2 Å². The highest BCUT2D eigenvalue weighted by Gasteiger charge is 2.47. The van der Waals surface area contributed by atoms with E-state index in [1.165, 1.54) is 72.1 Å². The van der Waals surface area contributed by atoms with Crippen molar-refractivity contribution in [3.05, 3.63) is 138 Å². The highest BCUT2D eigenvalue weighted by molar-refractivity contribution is 7.00. The van der Waals surface area contributed by atoms with Crippen LogP contribution in [0.3, 0.4) is 0 Å². The van der Waals surface area contributed by atoms with Gasteiger partial charge in [-0.3, -0.25) is 0 Å². The second-order valence-electron chi connectivity index (χ2n) is 12.8. The normalized spacial score (nSPS) is 14.7. The van der Waals surface area contributed by atoms with Gasteiger partial charge in [-0.05, 0) is 69.0 Å². The van der Waals surface area contributed by atoms with Gasteiger partial charge in [0.25, 0.3) is 6.71 Å². The van der Waals surface area contributed by atoms with Crippen LogP contribution in [0.2, 0.25) is 0 Å². The summed E-state index contributed by atoms with van der Waals surface area (Å²) in [7, 11) is 0. The lowest BCUT2D eigenvalue weighted by Gasteiger charge is -2.48. The molecule has 44 heavy (non-hydrogen) atoms. The van der Waals surface area contributed by atoms with Gasteiger partial charge in [-0.2, -0.15) is 5.26 Å². The number of benzene rings is 6. The summed E-state index contributed by atoms with van der Waals surface area (Å²) in [6.07, 6.45) is 0. The van der Waals surface area contributed by atoms with Gasteiger partial charge >= 0.3 is 0 Å². The quantitative estimate of drug-likeness (QED) is 0.194. The van der Waals surface area contributed by atoms with E-state index in [0.29, 0.717) is 5.56 Å². The van der Waals surface area contributed by atoms with Crippen molar-refractivity contribution in [2.45, 2.75) is 19.3 Å². The molecule has 0 saturated heterocycles. The summed E-state index contributed by atoms with van der Waals surface area (Å²) in [5.74, 6) is 0. The largest absolute Gasteiger partial charge is 0.311 e. The van der Waals surface area contributed by atoms with E-state index in [-0.39, 0.29) is 12.1 Å². The molecule has 0 aliphatic carbocycles. The van der Waals surface area contributed by atoms with Crippen LogP contribution >= 0.6 is 0 Å². The number of para-hydroxylation sites is 4. The molecule has 4 heteroatoms. The molecule has 3 aliphatic rings. The van der Waals surface area contributed by atoms with Gasteiger partial charge in [0.2, 0.25) is 0 Å². The fraction of sp³-hybridized carbons (Fsp3) is 0.0750. The summed E-state index contributed by atoms with van der Waals surface area (Å²) in [4.78, 5) is 2.52. The molecule has 1 aromatic heterocycles. The number of nitriles is 1. The summed E-state index contributed by atoms with van der Waals surface area (Å²) >= 11 is 0. The lowest BCUT2D eigenvalue weighted by atomic mass is 9.33. The minimum atomic E-state index is -0.153. The molecular formula is C40H26BN3. The second kappa shape index (κ2) is 8.10. The van der Waals surface area contributed by atoms with Crippen molar-refractivity contribution >= 4 is 62.0 Å². The maximum absolute atomic E-state index is 10.2. The predicted molar refractivity (Wildman–Crippen MR) is 182 cm³/mol. The van der Waals surface area contributed by atoms with Crippen LogP contribution in [0.4, 0.5) is 17.1 Å². The topological polar surface area (TPSA) is 32.0 Å². The molecule has 0 N–H and O–H groups in total. The summed E-state index contributed by atoms with van der Waals surface area (Å²) in [6, 6.07) is 46.6. The van der Waals surface area contributed by atoms with Gasteiger partial charge in [0.1, 0.15) is 0 Å². The van der Waals surface area contributed by atoms with Gasteiger partial charge in [0, 0.05) is 38.8 Å². The van der Waals surface area contributed by atoms with Crippen LogP contribution in [0, 0.1) is 11.3 Å². The van der Waals surface area contributed by atoms with Crippen molar-refractivity contribution in [3.63, 3.8) is 0 Å². The monoisotopic (exact) mass is 559 g/mol. The number of aromatic nitrogens is 1. The van der Waals surface area contributed by atoms with Crippen LogP contribution < -0.4 is 21.3 Å². The maximum Gasteiger partial charge on any atom is 0.252 e. The number of anilines is 3. The zero-order chi connectivity index (χ0) is 29.3. The van der Waals surface area contributed by atoms with E-state index in [0.717, 1.165) is 11.1 Å². The van der Waals surface area contributed by atoms with Gasteiger partial charge in [0.05, 0.1) is 22.8 Å². The Morgan fingerprint density at radius 3 is 2.27 bits per heavy atom. The van der Waals surface area contributed by atoms with Crippen LogP contribution in [0.15, 0.2) is 121 Å². The third kappa shape index (κ3) is 2.74. The molecule has 0 atom stereocenters. The van der Waals surface area contributed by atoms with Crippen LogP contribution in [0.25, 0.3) is 38.6 Å².